The highest BCUT2D eigenvalue weighted by molar-refractivity contribution is 5.13. The van der Waals surface area contributed by atoms with Gasteiger partial charge in [-0.05, 0) is 51.3 Å². The molecule has 2 heterocycles. The zero-order chi connectivity index (χ0) is 11.5. The highest BCUT2D eigenvalue weighted by Gasteiger charge is 2.23. The van der Waals surface area contributed by atoms with Crippen LogP contribution in [-0.4, -0.2) is 23.1 Å². The van der Waals surface area contributed by atoms with Crippen LogP contribution < -0.4 is 5.32 Å². The van der Waals surface area contributed by atoms with Gasteiger partial charge in [0.25, 0.3) is 0 Å². The Bertz CT molecular complexity index is 365. The Balaban J connectivity index is 1.76. The van der Waals surface area contributed by atoms with Crippen LogP contribution in [0.3, 0.4) is 0 Å². The van der Waals surface area contributed by atoms with Crippen molar-refractivity contribution in [2.24, 2.45) is 0 Å². The minimum absolute atomic E-state index is 0.574. The summed E-state index contributed by atoms with van der Waals surface area (Å²) in [6, 6.07) is 2.11. The van der Waals surface area contributed by atoms with Gasteiger partial charge in [0.2, 0.25) is 0 Å². The van der Waals surface area contributed by atoms with E-state index in [-0.39, 0.29) is 0 Å². The summed E-state index contributed by atoms with van der Waals surface area (Å²) in [6.07, 6.45) is 9.66. The molecule has 0 spiro atoms. The third kappa shape index (κ3) is 2.49. The molecule has 1 aliphatic heterocycles. The van der Waals surface area contributed by atoms with Crippen LogP contribution in [0.5, 0.6) is 0 Å². The molecule has 17 heavy (non-hydrogen) atoms. The number of rotatable bonds is 2. The van der Waals surface area contributed by atoms with E-state index >= 15 is 0 Å². The van der Waals surface area contributed by atoms with E-state index in [1.807, 2.05) is 6.20 Å². The normalized spacial score (nSPS) is 26.2. The number of nitrogens with zero attached hydrogens (tertiary/aromatic N) is 2. The van der Waals surface area contributed by atoms with Gasteiger partial charge in [0.1, 0.15) is 5.82 Å². The fraction of sp³-hybridized carbons (Fsp3) is 0.714. The molecule has 0 bridgehead atoms. The highest BCUT2D eigenvalue weighted by atomic mass is 14.9. The Labute approximate surface area is 103 Å². The van der Waals surface area contributed by atoms with Gasteiger partial charge in [0, 0.05) is 23.7 Å². The summed E-state index contributed by atoms with van der Waals surface area (Å²) in [7, 11) is 0. The first kappa shape index (κ1) is 11.1. The van der Waals surface area contributed by atoms with Gasteiger partial charge in [-0.1, -0.05) is 6.42 Å². The van der Waals surface area contributed by atoms with E-state index in [1.54, 1.807) is 0 Å². The third-order valence-corrected chi connectivity index (χ3v) is 4.16. The van der Waals surface area contributed by atoms with Gasteiger partial charge < -0.3 is 5.32 Å². The molecule has 1 saturated carbocycles. The molecule has 1 atom stereocenters. The average Bonchev–Trinajstić information content (AvgIpc) is 2.55. The van der Waals surface area contributed by atoms with Crippen molar-refractivity contribution < 1.29 is 0 Å². The van der Waals surface area contributed by atoms with Gasteiger partial charge in [0.15, 0.2) is 0 Å². The van der Waals surface area contributed by atoms with Crippen LogP contribution in [0.1, 0.15) is 61.9 Å². The number of hydrogen-bond donors (Lipinski definition) is 1. The van der Waals surface area contributed by atoms with Gasteiger partial charge in [-0.2, -0.15) is 0 Å². The van der Waals surface area contributed by atoms with E-state index in [1.165, 1.54) is 44.2 Å². The van der Waals surface area contributed by atoms with Crippen molar-refractivity contribution in [1.29, 1.82) is 0 Å². The molecule has 1 N–H and O–H groups in total. The minimum Gasteiger partial charge on any atom is -0.317 e. The van der Waals surface area contributed by atoms with E-state index in [9.17, 15) is 0 Å². The van der Waals surface area contributed by atoms with Crippen LogP contribution in [0.15, 0.2) is 12.3 Å². The Morgan fingerprint density at radius 2 is 1.88 bits per heavy atom. The predicted molar refractivity (Wildman–Crippen MR) is 68.1 cm³/mol. The van der Waals surface area contributed by atoms with Crippen LogP contribution >= 0.6 is 0 Å². The maximum atomic E-state index is 4.82. The largest absolute Gasteiger partial charge is 0.317 e. The maximum absolute atomic E-state index is 4.82. The van der Waals surface area contributed by atoms with Gasteiger partial charge in [0.05, 0.1) is 0 Å². The summed E-state index contributed by atoms with van der Waals surface area (Å²) in [5.41, 5.74) is 1.29. The van der Waals surface area contributed by atoms with Crippen molar-refractivity contribution in [3.63, 3.8) is 0 Å². The van der Waals surface area contributed by atoms with Crippen LogP contribution in [0.2, 0.25) is 0 Å². The molecule has 0 aromatic carbocycles. The van der Waals surface area contributed by atoms with Crippen LogP contribution in [0.4, 0.5) is 0 Å². The molecule has 1 aromatic rings. The Morgan fingerprint density at radius 1 is 1.00 bits per heavy atom. The predicted octanol–water partition coefficient (Wildman–Crippen LogP) is 2.60. The van der Waals surface area contributed by atoms with E-state index in [2.05, 4.69) is 16.4 Å². The van der Waals surface area contributed by atoms with Crippen LogP contribution in [0, 0.1) is 0 Å². The summed E-state index contributed by atoms with van der Waals surface area (Å²) in [6.45, 7) is 2.26. The van der Waals surface area contributed by atoms with Crippen molar-refractivity contribution in [3.05, 3.63) is 23.8 Å². The molecule has 92 valence electrons. The molecule has 1 saturated heterocycles. The highest BCUT2D eigenvalue weighted by Crippen LogP contribution is 2.35. The Hall–Kier alpha value is -0.960. The molecular weight excluding hydrogens is 210 g/mol. The second-order valence-corrected chi connectivity index (χ2v) is 5.35. The van der Waals surface area contributed by atoms with Crippen molar-refractivity contribution in [1.82, 2.24) is 15.3 Å². The molecule has 3 nitrogen and oxygen atoms in total. The third-order valence-electron chi connectivity index (χ3n) is 4.16. The SMILES string of the molecule is c1cc(C2CCC2)nc(C2CCCNCC2)n1. The number of nitrogens with one attached hydrogen (secondary N) is 1. The van der Waals surface area contributed by atoms with Gasteiger partial charge in [-0.15, -0.1) is 0 Å². The number of hydrogen-bond acceptors (Lipinski definition) is 3. The number of aromatic nitrogens is 2. The fourth-order valence-corrected chi connectivity index (χ4v) is 2.79. The lowest BCUT2D eigenvalue weighted by Crippen LogP contribution is -2.15. The summed E-state index contributed by atoms with van der Waals surface area (Å²) in [5.74, 6) is 2.39. The van der Waals surface area contributed by atoms with Gasteiger partial charge in [-0.3, -0.25) is 0 Å². The van der Waals surface area contributed by atoms with E-state index < -0.39 is 0 Å². The van der Waals surface area contributed by atoms with E-state index in [0.29, 0.717) is 5.92 Å². The standard InChI is InChI=1S/C14H21N3/c1-3-11(4-1)13-7-10-16-14(17-13)12-5-2-8-15-9-6-12/h7,10-12,15H,1-6,8-9H2. The summed E-state index contributed by atoms with van der Waals surface area (Å²) >= 11 is 0. The Kier molecular flexibility index (Phi) is 3.36. The lowest BCUT2D eigenvalue weighted by atomic mass is 9.83. The maximum Gasteiger partial charge on any atom is 0.131 e. The van der Waals surface area contributed by atoms with E-state index in [0.717, 1.165) is 24.8 Å². The second-order valence-electron chi connectivity index (χ2n) is 5.35. The molecule has 3 heteroatoms. The van der Waals surface area contributed by atoms with Crippen molar-refractivity contribution >= 4 is 0 Å². The first-order chi connectivity index (χ1) is 8.43. The van der Waals surface area contributed by atoms with Crippen molar-refractivity contribution in [2.45, 2.75) is 50.4 Å². The van der Waals surface area contributed by atoms with Crippen molar-refractivity contribution in [2.75, 3.05) is 13.1 Å². The summed E-state index contributed by atoms with van der Waals surface area (Å²) in [5, 5.41) is 3.45. The van der Waals surface area contributed by atoms with Crippen LogP contribution in [-0.2, 0) is 0 Å². The molecule has 1 aromatic heterocycles. The lowest BCUT2D eigenvalue weighted by Gasteiger charge is -2.25. The van der Waals surface area contributed by atoms with Gasteiger partial charge >= 0.3 is 0 Å². The minimum atomic E-state index is 0.574. The molecule has 0 radical (unpaired) electrons. The molecule has 3 rings (SSSR count). The quantitative estimate of drug-likeness (QED) is 0.850. The molecule has 1 aliphatic carbocycles. The molecule has 1 unspecified atom stereocenters. The monoisotopic (exact) mass is 231 g/mol. The Morgan fingerprint density at radius 3 is 2.71 bits per heavy atom. The zero-order valence-corrected chi connectivity index (χ0v) is 10.4. The molecule has 2 aliphatic rings. The van der Waals surface area contributed by atoms with Gasteiger partial charge in [-0.25, -0.2) is 9.97 Å². The molecule has 0 amide bonds. The smallest absolute Gasteiger partial charge is 0.131 e. The molecule has 2 fully saturated rings. The first-order valence-corrected chi connectivity index (χ1v) is 6.97. The van der Waals surface area contributed by atoms with Crippen LogP contribution in [0.25, 0.3) is 0 Å². The summed E-state index contributed by atoms with van der Waals surface area (Å²) < 4.78 is 0. The second kappa shape index (κ2) is 5.13. The van der Waals surface area contributed by atoms with E-state index in [4.69, 9.17) is 4.98 Å². The van der Waals surface area contributed by atoms with Crippen molar-refractivity contribution in [3.8, 4) is 0 Å². The molecular formula is C14H21N3. The first-order valence-electron chi connectivity index (χ1n) is 6.97. The fourth-order valence-electron chi connectivity index (χ4n) is 2.79. The summed E-state index contributed by atoms with van der Waals surface area (Å²) in [4.78, 5) is 9.33. The average molecular weight is 231 g/mol. The zero-order valence-electron chi connectivity index (χ0n) is 10.4. The topological polar surface area (TPSA) is 37.8 Å². The lowest BCUT2D eigenvalue weighted by molar-refractivity contribution is 0.407.